The Hall–Kier alpha value is -3.15. The minimum atomic E-state index is -1.33. The van der Waals surface area contributed by atoms with E-state index in [9.17, 15) is 16.6 Å². The molecule has 0 radical (unpaired) electrons. The zero-order chi connectivity index (χ0) is 62.9. The van der Waals surface area contributed by atoms with Crippen LogP contribution < -0.4 is 0 Å². The number of methoxy groups -OCH3 is 15. The summed E-state index contributed by atoms with van der Waals surface area (Å²) >= 11 is 0. The second-order valence-electron chi connectivity index (χ2n) is 20.9. The summed E-state index contributed by atoms with van der Waals surface area (Å²) < 4.78 is 173. The summed E-state index contributed by atoms with van der Waals surface area (Å²) in [5.41, 5.74) is 29.2. The lowest BCUT2D eigenvalue weighted by atomic mass is 9.94. The van der Waals surface area contributed by atoms with Gasteiger partial charge in [-0.3, -0.25) is 0 Å². The Morgan fingerprint density at radius 2 is 0.402 bits per heavy atom. The molecule has 0 saturated carbocycles. The highest BCUT2D eigenvalue weighted by molar-refractivity contribution is 5.04. The zero-order valence-electron chi connectivity index (χ0n) is 51.6. The third-order valence-corrected chi connectivity index (χ3v) is 16.5. The molecular formula is C51H87N9O27. The van der Waals surface area contributed by atoms with Gasteiger partial charge in [0, 0.05) is 121 Å². The third kappa shape index (κ3) is 15.7. The van der Waals surface area contributed by atoms with E-state index in [0.29, 0.717) is 0 Å². The van der Waals surface area contributed by atoms with Crippen molar-refractivity contribution >= 4 is 0 Å². The lowest BCUT2D eigenvalue weighted by Gasteiger charge is -2.53. The molecule has 0 aromatic rings. The number of hydrogen-bond donors (Lipinski definition) is 0. The van der Waals surface area contributed by atoms with Gasteiger partial charge in [-0.15, -0.1) is 0 Å². The maximum Gasteiger partial charge on any atom is 0.187 e. The van der Waals surface area contributed by atoms with Gasteiger partial charge in [0.1, 0.15) is 128 Å². The lowest BCUT2D eigenvalue weighted by molar-refractivity contribution is -0.407. The van der Waals surface area contributed by atoms with Crippen LogP contribution in [-0.2, 0) is 128 Å². The second kappa shape index (κ2) is 35.0. The molecule has 22 heterocycles. The van der Waals surface area contributed by atoms with Crippen molar-refractivity contribution in [2.24, 2.45) is 15.3 Å². The molecule has 0 aromatic heterocycles. The van der Waals surface area contributed by atoms with E-state index in [4.69, 9.17) is 128 Å². The number of hydrogen-bond acceptors (Lipinski definition) is 30. The van der Waals surface area contributed by atoms with E-state index in [1.165, 1.54) is 107 Å². The number of ether oxygens (including phenoxy) is 27. The molecule has 0 amide bonds. The summed E-state index contributed by atoms with van der Waals surface area (Å²) in [6.07, 6.45) is -33.9. The van der Waals surface area contributed by atoms with Crippen molar-refractivity contribution in [1.29, 1.82) is 0 Å². The van der Waals surface area contributed by atoms with Crippen LogP contribution in [0, 0.1) is 0 Å². The van der Waals surface area contributed by atoms with Crippen LogP contribution >= 0.6 is 0 Å². The van der Waals surface area contributed by atoms with Gasteiger partial charge in [0.05, 0.1) is 57.8 Å². The number of nitrogens with zero attached hydrogens (tertiary/aromatic N) is 9. The molecule has 22 saturated heterocycles. The Kier molecular flexibility index (Phi) is 28.7. The maximum atomic E-state index is 9.73. The quantitative estimate of drug-likeness (QED) is 0.0729. The monoisotopic (exact) mass is 1260 g/mol. The first kappa shape index (κ1) is 71.3. The van der Waals surface area contributed by atoms with E-state index in [1.807, 2.05) is 0 Å². The fourth-order valence-corrected chi connectivity index (χ4v) is 12.6. The summed E-state index contributed by atoms with van der Waals surface area (Å²) in [4.78, 5) is 9.10. The molecule has 0 spiro atoms. The summed E-state index contributed by atoms with van der Waals surface area (Å²) in [6, 6.07) is 0. The lowest BCUT2D eigenvalue weighted by Crippen LogP contribution is -2.70. The van der Waals surface area contributed by atoms with Crippen LogP contribution in [0.3, 0.4) is 0 Å². The van der Waals surface area contributed by atoms with Crippen molar-refractivity contribution in [3.05, 3.63) is 31.3 Å². The molecular weight excluding hydrogens is 1170 g/mol. The molecule has 22 aliphatic rings. The van der Waals surface area contributed by atoms with Gasteiger partial charge in [-0.1, -0.05) is 15.3 Å². The van der Waals surface area contributed by atoms with Crippen LogP contribution in [0.2, 0.25) is 0 Å². The van der Waals surface area contributed by atoms with Crippen LogP contribution in [0.15, 0.2) is 15.3 Å². The molecule has 36 nitrogen and oxygen atoms in total. The molecule has 0 N–H and O–H groups in total. The van der Waals surface area contributed by atoms with Crippen molar-refractivity contribution < 1.29 is 128 Å². The Morgan fingerprint density at radius 1 is 0.241 bits per heavy atom. The minimum Gasteiger partial charge on any atom is -0.382 e. The molecule has 36 heteroatoms. The predicted octanol–water partition coefficient (Wildman–Crippen LogP) is 0.711. The fraction of sp³-hybridized carbons (Fsp3) is 1.00. The van der Waals surface area contributed by atoms with Gasteiger partial charge in [0.2, 0.25) is 0 Å². The summed E-state index contributed by atoms with van der Waals surface area (Å²) in [5, 5.41) is 11.7. The topological polar surface area (TPSA) is 395 Å². The Bertz CT molecular complexity index is 1970. The zero-order valence-corrected chi connectivity index (χ0v) is 51.6. The SMILES string of the molecule is COC[C@H]1O[C@@H]2O[C@@H]3[C@@H](OC)[C@@H](OC)[C@@H](O[C@@H]4[C@@H](OC)[C@@H](OC)[C@@H](O[C@@H]5[C@@H](OC)[C@@H](OC)[C@@H](O[C@@H]6[C@@H](OC)[C@@H](OC)[C@@H](O[C@@H]7[C@@H](OC)[C@@H](OC)[C@@H](O[C@@H]1[C@@H](OC)[C@H]2OC)O[C@@H]7CN=[N+]=[N-])O[C@@H]6COC)O[C@@H]5CN=[N+]=[N-])O[C@@H]4COC)O[C@@H]3CN=[N+]=[N-]. The molecule has 87 heavy (non-hydrogen) atoms. The van der Waals surface area contributed by atoms with E-state index < -0.39 is 184 Å². The van der Waals surface area contributed by atoms with E-state index in [-0.39, 0.29) is 39.5 Å². The number of azide groups is 3. The molecule has 22 fully saturated rings. The summed E-state index contributed by atoms with van der Waals surface area (Å²) in [6.45, 7) is -1.25. The molecule has 0 aliphatic carbocycles. The average Bonchev–Trinajstić information content (AvgIpc) is 1.24. The van der Waals surface area contributed by atoms with Crippen LogP contribution in [0.25, 0.3) is 31.3 Å². The molecule has 0 unspecified atom stereocenters. The Morgan fingerprint density at radius 3 is 0.552 bits per heavy atom. The van der Waals surface area contributed by atoms with Gasteiger partial charge in [-0.2, -0.15) is 0 Å². The maximum absolute atomic E-state index is 9.73. The van der Waals surface area contributed by atoms with Gasteiger partial charge >= 0.3 is 0 Å². The van der Waals surface area contributed by atoms with Gasteiger partial charge in [-0.25, -0.2) is 0 Å². The van der Waals surface area contributed by atoms with Crippen molar-refractivity contribution in [3.8, 4) is 0 Å². The summed E-state index contributed by atoms with van der Waals surface area (Å²) in [7, 11) is 21.6. The van der Waals surface area contributed by atoms with Crippen LogP contribution in [0.5, 0.6) is 0 Å². The van der Waals surface area contributed by atoms with Gasteiger partial charge in [0.15, 0.2) is 37.7 Å². The van der Waals surface area contributed by atoms with E-state index >= 15 is 0 Å². The first-order valence-corrected chi connectivity index (χ1v) is 28.1. The molecule has 498 valence electrons. The molecule has 22 aliphatic heterocycles. The van der Waals surface area contributed by atoms with Gasteiger partial charge in [-0.05, 0) is 16.6 Å². The van der Waals surface area contributed by atoms with Crippen LogP contribution in [0.1, 0.15) is 0 Å². The van der Waals surface area contributed by atoms with E-state index in [0.717, 1.165) is 0 Å². The Balaban J connectivity index is 1.38. The predicted molar refractivity (Wildman–Crippen MR) is 288 cm³/mol. The first-order chi connectivity index (χ1) is 42.4. The highest BCUT2D eigenvalue weighted by Gasteiger charge is 2.61. The van der Waals surface area contributed by atoms with Gasteiger partial charge in [0.25, 0.3) is 0 Å². The molecule has 22 rings (SSSR count). The van der Waals surface area contributed by atoms with Crippen LogP contribution in [0.4, 0.5) is 0 Å². The third-order valence-electron chi connectivity index (χ3n) is 16.5. The van der Waals surface area contributed by atoms with E-state index in [2.05, 4.69) is 30.1 Å². The van der Waals surface area contributed by atoms with E-state index in [1.54, 1.807) is 0 Å². The highest BCUT2D eigenvalue weighted by Crippen LogP contribution is 2.42. The van der Waals surface area contributed by atoms with Crippen molar-refractivity contribution in [2.75, 3.05) is 146 Å². The van der Waals surface area contributed by atoms with Crippen LogP contribution in [-0.4, -0.2) is 330 Å². The Labute approximate surface area is 503 Å². The largest absolute Gasteiger partial charge is 0.382 e. The average molecular weight is 1260 g/mol. The van der Waals surface area contributed by atoms with Crippen molar-refractivity contribution in [2.45, 2.75) is 184 Å². The summed E-state index contributed by atoms with van der Waals surface area (Å²) in [5.74, 6) is 0. The van der Waals surface area contributed by atoms with Crippen molar-refractivity contribution in [1.82, 2.24) is 0 Å². The standard InChI is InChI=1S/C51H87N9O27/c1-61-19-25-31-37(67-7)43(73-13)49(79-25)82-28-22(16-55-58-52)77-47(41(71-11)34(28)64-4)86-32-26(20-62-2)81-51(45(75-15)38(32)68-8)84-30-24(18-57-60-54)78-48(42(72-12)36(30)66-6)87-33-27(21-63-3)80-50(44(74-14)39(33)69-9)83-29-23(17-56-59-53)76-46(85-31)40(70-10)35(29)65-5/h22-51H,16-21H2,1-15H3/t22-,23-,24-,25-,26-,27-,28+,29+,30+,31+,32+,33+,34-,35-,36-,37-,38-,39-,40-,41-,42-,43-,44-,45-,46-,47-,48-,49-,50-,51-/m1/s1. The molecule has 12 bridgehead atoms. The fourth-order valence-electron chi connectivity index (χ4n) is 12.6. The molecule has 30 atom stereocenters. The van der Waals surface area contributed by atoms with Gasteiger partial charge < -0.3 is 128 Å². The van der Waals surface area contributed by atoms with Crippen molar-refractivity contribution in [3.63, 3.8) is 0 Å². The normalized spacial score (nSPS) is 44.4. The second-order valence-corrected chi connectivity index (χ2v) is 20.9. The molecule has 0 aromatic carbocycles. The minimum absolute atomic E-state index is 0.101. The highest BCUT2D eigenvalue weighted by atomic mass is 16.8. The first-order valence-electron chi connectivity index (χ1n) is 28.1. The number of rotatable bonds is 24. The smallest absolute Gasteiger partial charge is 0.187 e.